The largest absolute Gasteiger partial charge is 0.350 e. The lowest BCUT2D eigenvalue weighted by atomic mass is 10.1. The Bertz CT molecular complexity index is 801. The standard InChI is InChI=1S/C17H15ClN4O/c18-16-4-2-1-3-15(16)17(23)20-9-10-22-12-14(11-21-22)13-5-7-19-8-6-13/h1-8,11-12H,9-10H2,(H,20,23). The molecule has 0 unspecified atom stereocenters. The number of amides is 1. The highest BCUT2D eigenvalue weighted by Gasteiger charge is 2.08. The number of pyridine rings is 1. The van der Waals surface area contributed by atoms with Gasteiger partial charge in [-0.2, -0.15) is 5.10 Å². The molecule has 2 aromatic heterocycles. The molecule has 0 fully saturated rings. The summed E-state index contributed by atoms with van der Waals surface area (Å²) in [4.78, 5) is 16.0. The van der Waals surface area contributed by atoms with Crippen LogP contribution in [-0.2, 0) is 6.54 Å². The Morgan fingerprint density at radius 2 is 1.91 bits per heavy atom. The predicted octanol–water partition coefficient (Wildman–Crippen LogP) is 3.03. The first kappa shape index (κ1) is 15.2. The Hall–Kier alpha value is -2.66. The van der Waals surface area contributed by atoms with Crippen LogP contribution in [0.3, 0.4) is 0 Å². The Balaban J connectivity index is 1.56. The number of hydrogen-bond acceptors (Lipinski definition) is 3. The van der Waals surface area contributed by atoms with Gasteiger partial charge in [-0.15, -0.1) is 0 Å². The molecule has 0 radical (unpaired) electrons. The molecule has 23 heavy (non-hydrogen) atoms. The van der Waals surface area contributed by atoms with Crippen LogP contribution in [0.15, 0.2) is 61.2 Å². The summed E-state index contributed by atoms with van der Waals surface area (Å²) in [7, 11) is 0. The number of nitrogens with one attached hydrogen (secondary N) is 1. The van der Waals surface area contributed by atoms with Gasteiger partial charge in [0.05, 0.1) is 23.3 Å². The number of aromatic nitrogens is 3. The predicted molar refractivity (Wildman–Crippen MR) is 89.2 cm³/mol. The third-order valence-electron chi connectivity index (χ3n) is 3.39. The van der Waals surface area contributed by atoms with Gasteiger partial charge in [0.25, 0.3) is 5.91 Å². The molecule has 0 aliphatic carbocycles. The van der Waals surface area contributed by atoms with Gasteiger partial charge in [0.1, 0.15) is 0 Å². The summed E-state index contributed by atoms with van der Waals surface area (Å²) in [6.07, 6.45) is 7.23. The molecule has 0 spiro atoms. The zero-order chi connectivity index (χ0) is 16.1. The Morgan fingerprint density at radius 3 is 2.70 bits per heavy atom. The molecule has 0 aliphatic rings. The first-order chi connectivity index (χ1) is 11.2. The SMILES string of the molecule is O=C(NCCn1cc(-c2ccncc2)cn1)c1ccccc1Cl. The van der Waals surface area contributed by atoms with E-state index < -0.39 is 0 Å². The van der Waals surface area contributed by atoms with E-state index in [-0.39, 0.29) is 5.91 Å². The van der Waals surface area contributed by atoms with Gasteiger partial charge in [0, 0.05) is 30.7 Å². The van der Waals surface area contributed by atoms with Crippen molar-refractivity contribution in [1.29, 1.82) is 0 Å². The molecular weight excluding hydrogens is 312 g/mol. The maximum absolute atomic E-state index is 12.1. The molecule has 1 aromatic carbocycles. The van der Waals surface area contributed by atoms with Crippen molar-refractivity contribution in [2.24, 2.45) is 0 Å². The molecule has 3 aromatic rings. The molecule has 1 N–H and O–H groups in total. The van der Waals surface area contributed by atoms with Crippen LogP contribution in [0.25, 0.3) is 11.1 Å². The van der Waals surface area contributed by atoms with Gasteiger partial charge >= 0.3 is 0 Å². The highest BCUT2D eigenvalue weighted by atomic mass is 35.5. The highest BCUT2D eigenvalue weighted by molar-refractivity contribution is 6.33. The van der Waals surface area contributed by atoms with E-state index in [1.807, 2.05) is 18.3 Å². The van der Waals surface area contributed by atoms with Gasteiger partial charge in [-0.1, -0.05) is 23.7 Å². The van der Waals surface area contributed by atoms with Crippen LogP contribution < -0.4 is 5.32 Å². The van der Waals surface area contributed by atoms with Crippen molar-refractivity contribution in [3.63, 3.8) is 0 Å². The Morgan fingerprint density at radius 1 is 1.13 bits per heavy atom. The van der Waals surface area contributed by atoms with Crippen molar-refractivity contribution in [2.75, 3.05) is 6.54 Å². The first-order valence-electron chi connectivity index (χ1n) is 7.19. The fourth-order valence-electron chi connectivity index (χ4n) is 2.20. The second-order valence-corrected chi connectivity index (χ2v) is 5.37. The lowest BCUT2D eigenvalue weighted by Gasteiger charge is -2.06. The van der Waals surface area contributed by atoms with E-state index in [1.54, 1.807) is 47.5 Å². The molecule has 2 heterocycles. The number of carbonyl (C=O) groups is 1. The molecular formula is C17H15ClN4O. The molecule has 0 aliphatic heterocycles. The lowest BCUT2D eigenvalue weighted by Crippen LogP contribution is -2.27. The number of hydrogen-bond donors (Lipinski definition) is 1. The fraction of sp³-hybridized carbons (Fsp3) is 0.118. The molecule has 6 heteroatoms. The van der Waals surface area contributed by atoms with Gasteiger partial charge < -0.3 is 5.32 Å². The van der Waals surface area contributed by atoms with Gasteiger partial charge in [-0.05, 0) is 29.8 Å². The van der Waals surface area contributed by atoms with Gasteiger partial charge in [-0.25, -0.2) is 0 Å². The van der Waals surface area contributed by atoms with E-state index >= 15 is 0 Å². The third kappa shape index (κ3) is 3.76. The molecule has 0 saturated heterocycles. The quantitative estimate of drug-likeness (QED) is 0.784. The summed E-state index contributed by atoms with van der Waals surface area (Å²) in [6, 6.07) is 10.8. The van der Waals surface area contributed by atoms with Crippen molar-refractivity contribution in [2.45, 2.75) is 6.54 Å². The minimum absolute atomic E-state index is 0.183. The summed E-state index contributed by atoms with van der Waals surface area (Å²) in [5.41, 5.74) is 2.56. The van der Waals surface area contributed by atoms with E-state index in [9.17, 15) is 4.79 Å². The van der Waals surface area contributed by atoms with E-state index in [4.69, 9.17) is 11.6 Å². The molecule has 0 bridgehead atoms. The van der Waals surface area contributed by atoms with Crippen LogP contribution >= 0.6 is 11.6 Å². The molecule has 0 atom stereocenters. The summed E-state index contributed by atoms with van der Waals surface area (Å²) in [6.45, 7) is 1.06. The monoisotopic (exact) mass is 326 g/mol. The smallest absolute Gasteiger partial charge is 0.252 e. The number of halogens is 1. The third-order valence-corrected chi connectivity index (χ3v) is 3.72. The average molecular weight is 327 g/mol. The zero-order valence-corrected chi connectivity index (χ0v) is 13.1. The summed E-state index contributed by atoms with van der Waals surface area (Å²) in [5.74, 6) is -0.183. The maximum Gasteiger partial charge on any atom is 0.252 e. The Labute approximate surface area is 138 Å². The number of nitrogens with zero attached hydrogens (tertiary/aromatic N) is 3. The molecule has 116 valence electrons. The minimum Gasteiger partial charge on any atom is -0.350 e. The summed E-state index contributed by atoms with van der Waals surface area (Å²) < 4.78 is 1.79. The number of carbonyl (C=O) groups excluding carboxylic acids is 1. The van der Waals surface area contributed by atoms with Crippen LogP contribution in [0.1, 0.15) is 10.4 Å². The summed E-state index contributed by atoms with van der Waals surface area (Å²) >= 11 is 6.00. The topological polar surface area (TPSA) is 59.8 Å². The van der Waals surface area contributed by atoms with Crippen molar-refractivity contribution < 1.29 is 4.79 Å². The molecule has 5 nitrogen and oxygen atoms in total. The summed E-state index contributed by atoms with van der Waals surface area (Å²) in [5, 5.41) is 7.59. The van der Waals surface area contributed by atoms with Gasteiger partial charge in [0.2, 0.25) is 0 Å². The van der Waals surface area contributed by atoms with Gasteiger partial charge in [0.15, 0.2) is 0 Å². The second-order valence-electron chi connectivity index (χ2n) is 4.96. The van der Waals surface area contributed by atoms with Crippen molar-refractivity contribution in [3.05, 3.63) is 71.8 Å². The van der Waals surface area contributed by atoms with Crippen LogP contribution in [0, 0.1) is 0 Å². The zero-order valence-electron chi connectivity index (χ0n) is 12.3. The van der Waals surface area contributed by atoms with Gasteiger partial charge in [-0.3, -0.25) is 14.5 Å². The number of benzene rings is 1. The number of rotatable bonds is 5. The van der Waals surface area contributed by atoms with E-state index in [0.717, 1.165) is 11.1 Å². The second kappa shape index (κ2) is 7.07. The normalized spacial score (nSPS) is 10.5. The highest BCUT2D eigenvalue weighted by Crippen LogP contribution is 2.17. The molecule has 3 rings (SSSR count). The van der Waals surface area contributed by atoms with Crippen LogP contribution in [-0.4, -0.2) is 27.2 Å². The van der Waals surface area contributed by atoms with Crippen LogP contribution in [0.4, 0.5) is 0 Å². The van der Waals surface area contributed by atoms with Crippen molar-refractivity contribution >= 4 is 17.5 Å². The molecule has 0 saturated carbocycles. The van der Waals surface area contributed by atoms with Crippen molar-refractivity contribution in [1.82, 2.24) is 20.1 Å². The first-order valence-corrected chi connectivity index (χ1v) is 7.57. The maximum atomic E-state index is 12.1. The minimum atomic E-state index is -0.183. The van der Waals surface area contributed by atoms with E-state index in [1.165, 1.54) is 0 Å². The van der Waals surface area contributed by atoms with E-state index in [0.29, 0.717) is 23.7 Å². The molecule has 1 amide bonds. The Kier molecular flexibility index (Phi) is 4.68. The fourth-order valence-corrected chi connectivity index (χ4v) is 2.43. The lowest BCUT2D eigenvalue weighted by molar-refractivity contribution is 0.0952. The van der Waals surface area contributed by atoms with E-state index in [2.05, 4.69) is 15.4 Å². The average Bonchev–Trinajstić information content (AvgIpc) is 3.05. The van der Waals surface area contributed by atoms with Crippen LogP contribution in [0.5, 0.6) is 0 Å². The van der Waals surface area contributed by atoms with Crippen molar-refractivity contribution in [3.8, 4) is 11.1 Å². The van der Waals surface area contributed by atoms with Crippen LogP contribution in [0.2, 0.25) is 5.02 Å².